The molecule has 3 nitrogen and oxygen atoms in total. The molecule has 0 radical (unpaired) electrons. The Hall–Kier alpha value is -1.46. The first kappa shape index (κ1) is 14.0. The molecule has 0 unspecified atom stereocenters. The molecule has 0 aliphatic heterocycles. The van der Waals surface area contributed by atoms with Crippen LogP contribution in [0.25, 0.3) is 0 Å². The third-order valence-corrected chi connectivity index (χ3v) is 3.88. The molecule has 2 aromatic rings. The van der Waals surface area contributed by atoms with Gasteiger partial charge in [-0.05, 0) is 58.6 Å². The van der Waals surface area contributed by atoms with Gasteiger partial charge in [-0.25, -0.2) is 4.79 Å². The Kier molecular flexibility index (Phi) is 4.50. The number of rotatable bonds is 4. The van der Waals surface area contributed by atoms with Crippen LogP contribution < -0.4 is 4.74 Å². The van der Waals surface area contributed by atoms with Crippen LogP contribution in [0.2, 0.25) is 0 Å². The van der Waals surface area contributed by atoms with E-state index in [0.29, 0.717) is 16.0 Å². The number of carbonyl (C=O) groups is 1. The van der Waals surface area contributed by atoms with Crippen molar-refractivity contribution >= 4 is 33.7 Å². The molecule has 19 heavy (non-hydrogen) atoms. The summed E-state index contributed by atoms with van der Waals surface area (Å²) in [6, 6.07) is 12.5. The molecular formula is C14H11BrO3S. The SMILES string of the molecule is CSc1ccc(Oc2cccc(Br)c2C(=O)O)cc1. The van der Waals surface area contributed by atoms with Gasteiger partial charge in [0.15, 0.2) is 0 Å². The number of carboxylic acid groups (broad SMARTS) is 1. The predicted molar refractivity (Wildman–Crippen MR) is 79.4 cm³/mol. The Labute approximate surface area is 123 Å². The smallest absolute Gasteiger partial charge is 0.340 e. The Morgan fingerprint density at radius 3 is 2.47 bits per heavy atom. The lowest BCUT2D eigenvalue weighted by Gasteiger charge is -2.10. The molecule has 0 spiro atoms. The van der Waals surface area contributed by atoms with Crippen LogP contribution in [0, 0.1) is 0 Å². The van der Waals surface area contributed by atoms with E-state index in [1.54, 1.807) is 30.0 Å². The first-order chi connectivity index (χ1) is 9.11. The van der Waals surface area contributed by atoms with Crippen molar-refractivity contribution in [3.63, 3.8) is 0 Å². The van der Waals surface area contributed by atoms with Crippen LogP contribution in [0.5, 0.6) is 11.5 Å². The van der Waals surface area contributed by atoms with Gasteiger partial charge in [0.1, 0.15) is 17.1 Å². The van der Waals surface area contributed by atoms with Gasteiger partial charge in [-0.3, -0.25) is 0 Å². The van der Waals surface area contributed by atoms with Gasteiger partial charge in [0, 0.05) is 9.37 Å². The van der Waals surface area contributed by atoms with Crippen molar-refractivity contribution in [2.45, 2.75) is 4.90 Å². The maximum Gasteiger partial charge on any atom is 0.340 e. The van der Waals surface area contributed by atoms with Crippen molar-refractivity contribution in [2.24, 2.45) is 0 Å². The summed E-state index contributed by atoms with van der Waals surface area (Å²) in [6.45, 7) is 0. The topological polar surface area (TPSA) is 46.5 Å². The molecule has 0 atom stereocenters. The van der Waals surface area contributed by atoms with Crippen molar-refractivity contribution in [3.05, 3.63) is 52.5 Å². The lowest BCUT2D eigenvalue weighted by Crippen LogP contribution is -2.01. The quantitative estimate of drug-likeness (QED) is 0.823. The van der Waals surface area contributed by atoms with Crippen molar-refractivity contribution in [1.82, 2.24) is 0 Å². The van der Waals surface area contributed by atoms with Gasteiger partial charge in [-0.2, -0.15) is 0 Å². The standard InChI is InChI=1S/C14H11BrO3S/c1-19-10-7-5-9(6-8-10)18-12-4-2-3-11(15)13(12)14(16)17/h2-8H,1H3,(H,16,17). The van der Waals surface area contributed by atoms with Gasteiger partial charge in [-0.15, -0.1) is 11.8 Å². The zero-order chi connectivity index (χ0) is 13.8. The molecule has 5 heteroatoms. The molecule has 1 N–H and O–H groups in total. The molecule has 0 aliphatic carbocycles. The fourth-order valence-corrected chi connectivity index (χ4v) is 2.49. The summed E-state index contributed by atoms with van der Waals surface area (Å²) >= 11 is 4.86. The van der Waals surface area contributed by atoms with Crippen LogP contribution in [-0.2, 0) is 0 Å². The minimum absolute atomic E-state index is 0.122. The highest BCUT2D eigenvalue weighted by molar-refractivity contribution is 9.10. The summed E-state index contributed by atoms with van der Waals surface area (Å²) < 4.78 is 6.13. The molecule has 0 saturated heterocycles. The molecule has 0 aliphatic rings. The minimum atomic E-state index is -1.02. The van der Waals surface area contributed by atoms with E-state index in [0.717, 1.165) is 4.90 Å². The Morgan fingerprint density at radius 2 is 1.89 bits per heavy atom. The molecule has 98 valence electrons. The summed E-state index contributed by atoms with van der Waals surface area (Å²) in [5.74, 6) is -0.0969. The van der Waals surface area contributed by atoms with Crippen LogP contribution in [0.15, 0.2) is 51.8 Å². The highest BCUT2D eigenvalue weighted by Crippen LogP contribution is 2.31. The molecule has 0 fully saturated rings. The zero-order valence-corrected chi connectivity index (χ0v) is 12.5. The number of benzene rings is 2. The van der Waals surface area contributed by atoms with Crippen LogP contribution in [0.3, 0.4) is 0 Å². The Morgan fingerprint density at radius 1 is 1.21 bits per heavy atom. The number of thioether (sulfide) groups is 1. The molecule has 2 rings (SSSR count). The number of carboxylic acids is 1. The van der Waals surface area contributed by atoms with Crippen molar-refractivity contribution in [2.75, 3.05) is 6.26 Å². The van der Waals surface area contributed by atoms with Crippen LogP contribution in [-0.4, -0.2) is 17.3 Å². The second-order valence-corrected chi connectivity index (χ2v) is 5.43. The maximum absolute atomic E-state index is 11.2. The Balaban J connectivity index is 2.32. The van der Waals surface area contributed by atoms with E-state index in [-0.39, 0.29) is 5.56 Å². The molecule has 2 aromatic carbocycles. The predicted octanol–water partition coefficient (Wildman–Crippen LogP) is 4.66. The average molecular weight is 339 g/mol. The second kappa shape index (κ2) is 6.12. The lowest BCUT2D eigenvalue weighted by molar-refractivity contribution is 0.0693. The number of ether oxygens (including phenoxy) is 1. The van der Waals surface area contributed by atoms with E-state index in [1.165, 1.54) is 0 Å². The van der Waals surface area contributed by atoms with E-state index in [2.05, 4.69) is 15.9 Å². The van der Waals surface area contributed by atoms with Crippen LogP contribution >= 0.6 is 27.7 Å². The molecule has 0 amide bonds. The third-order valence-electron chi connectivity index (χ3n) is 2.48. The second-order valence-electron chi connectivity index (χ2n) is 3.70. The van der Waals surface area contributed by atoms with Crippen molar-refractivity contribution < 1.29 is 14.6 Å². The summed E-state index contributed by atoms with van der Waals surface area (Å²) in [6.07, 6.45) is 1.99. The summed E-state index contributed by atoms with van der Waals surface area (Å²) in [5.41, 5.74) is 0.122. The van der Waals surface area contributed by atoms with Gasteiger partial charge in [0.25, 0.3) is 0 Å². The first-order valence-corrected chi connectivity index (χ1v) is 7.47. The molecular weight excluding hydrogens is 328 g/mol. The normalized spacial score (nSPS) is 10.2. The van der Waals surface area contributed by atoms with Crippen LogP contribution in [0.1, 0.15) is 10.4 Å². The van der Waals surface area contributed by atoms with Crippen molar-refractivity contribution in [3.8, 4) is 11.5 Å². The lowest BCUT2D eigenvalue weighted by atomic mass is 10.2. The van der Waals surface area contributed by atoms with E-state index >= 15 is 0 Å². The van der Waals surface area contributed by atoms with Gasteiger partial charge < -0.3 is 9.84 Å². The number of hydrogen-bond acceptors (Lipinski definition) is 3. The van der Waals surface area contributed by atoms with E-state index in [4.69, 9.17) is 4.74 Å². The van der Waals surface area contributed by atoms with Gasteiger partial charge in [0.2, 0.25) is 0 Å². The fourth-order valence-electron chi connectivity index (χ4n) is 1.57. The van der Waals surface area contributed by atoms with E-state index < -0.39 is 5.97 Å². The van der Waals surface area contributed by atoms with Crippen molar-refractivity contribution in [1.29, 1.82) is 0 Å². The van der Waals surface area contributed by atoms with E-state index in [9.17, 15) is 9.90 Å². The average Bonchev–Trinajstić information content (AvgIpc) is 2.39. The third kappa shape index (κ3) is 3.30. The summed E-state index contributed by atoms with van der Waals surface area (Å²) in [7, 11) is 0. The Bertz CT molecular complexity index is 596. The molecule has 0 bridgehead atoms. The maximum atomic E-state index is 11.2. The fraction of sp³-hybridized carbons (Fsp3) is 0.0714. The van der Waals surface area contributed by atoms with E-state index in [1.807, 2.05) is 30.5 Å². The summed E-state index contributed by atoms with van der Waals surface area (Å²) in [5, 5.41) is 9.19. The largest absolute Gasteiger partial charge is 0.478 e. The van der Waals surface area contributed by atoms with Gasteiger partial charge in [0.05, 0.1) is 0 Å². The summed E-state index contributed by atoms with van der Waals surface area (Å²) in [4.78, 5) is 12.3. The number of hydrogen-bond donors (Lipinski definition) is 1. The monoisotopic (exact) mass is 338 g/mol. The molecule has 0 saturated carbocycles. The highest BCUT2D eigenvalue weighted by atomic mass is 79.9. The first-order valence-electron chi connectivity index (χ1n) is 5.45. The van der Waals surface area contributed by atoms with Gasteiger partial charge >= 0.3 is 5.97 Å². The van der Waals surface area contributed by atoms with Gasteiger partial charge in [-0.1, -0.05) is 6.07 Å². The molecule has 0 heterocycles. The molecule has 0 aromatic heterocycles. The number of aromatic carboxylic acids is 1. The zero-order valence-electron chi connectivity index (χ0n) is 10.1. The number of halogens is 1. The van der Waals surface area contributed by atoms with Crippen LogP contribution in [0.4, 0.5) is 0 Å². The highest BCUT2D eigenvalue weighted by Gasteiger charge is 2.15. The minimum Gasteiger partial charge on any atom is -0.478 e.